The smallest absolute Gasteiger partial charge is 0.329 e. The van der Waals surface area contributed by atoms with Crippen LogP contribution in [-0.4, -0.2) is 177 Å². The van der Waals surface area contributed by atoms with E-state index in [4.69, 9.17) is 4.74 Å². The molecule has 522 valence electrons. The van der Waals surface area contributed by atoms with E-state index in [1.165, 1.54) is 40.0 Å². The molecular weight excluding hydrogens is 1180 g/mol. The quantitative estimate of drug-likeness (QED) is 0.0331. The molecule has 1 aliphatic heterocycles. The Bertz CT molecular complexity index is 2340. The van der Waals surface area contributed by atoms with Crippen molar-refractivity contribution in [1.29, 1.82) is 0 Å². The maximum atomic E-state index is 15.0. The van der Waals surface area contributed by atoms with Crippen LogP contribution in [0, 0.1) is 35.5 Å². The van der Waals surface area contributed by atoms with Gasteiger partial charge in [0.1, 0.15) is 66.5 Å². The third kappa shape index (κ3) is 32.1. The van der Waals surface area contributed by atoms with Crippen molar-refractivity contribution < 1.29 is 82.7 Å². The van der Waals surface area contributed by atoms with E-state index in [0.717, 1.165) is 32.1 Å². The number of aliphatic hydroxyl groups excluding tert-OH is 3. The largest absolute Gasteiger partial charge is 0.481 e. The number of cyclic esters (lactones) is 1. The second-order valence-corrected chi connectivity index (χ2v) is 26.5. The topological polar surface area (TPSA) is 415 Å². The molecule has 14 N–H and O–H groups in total. The van der Waals surface area contributed by atoms with Gasteiger partial charge in [-0.1, -0.05) is 154 Å². The molecule has 0 spiro atoms. The van der Waals surface area contributed by atoms with E-state index in [9.17, 15) is 78.0 Å². The van der Waals surface area contributed by atoms with Gasteiger partial charge in [-0.3, -0.25) is 52.7 Å². The molecule has 10 amide bonds. The van der Waals surface area contributed by atoms with Crippen LogP contribution in [0.1, 0.15) is 213 Å². The number of ether oxygens (including phenoxy) is 1. The number of carboxylic acid groups (broad SMARTS) is 1. The normalized spacial score (nSPS) is 23.6. The first kappa shape index (κ1) is 82.5. The maximum Gasteiger partial charge on any atom is 0.329 e. The van der Waals surface area contributed by atoms with Crippen LogP contribution in [0.3, 0.4) is 0 Å². The van der Waals surface area contributed by atoms with E-state index >= 15 is 0 Å². The van der Waals surface area contributed by atoms with Crippen LogP contribution in [-0.2, 0) is 62.3 Å². The number of carboxylic acids is 1. The summed E-state index contributed by atoms with van der Waals surface area (Å²) in [7, 11) is 0. The van der Waals surface area contributed by atoms with Gasteiger partial charge in [0.2, 0.25) is 59.1 Å². The standard InChI is InChI=1S/C64H114N10O17/c1-15-17-18-19-20-21-22-23-24-25-42(77)32-50(78)65-44(28-35(3)4)56(82)66-43(26-27-51(79)80)55(81)74-54-41(14)91-64(90)52(39(11)12)72-61(87)49(34-76)71-58(84)46(30-37(7)8)67-57(83)45(29-36(5)6)68-60(86)48(33-75)70-59(85)47(31-38(9)10)69-62(88)53(40(13)16-2)73-63(54)89/h35-49,52-54,75-77H,15-34H2,1-14H3,(H,65,78)(H,66,82)(H,67,83)(H,68,86)(H,69,88)(H,70,85)(H,71,84)(H,72,87)(H,73,89)(H,74,81)(H,79,80)/t40-,41+,42-,43+,44-,45-,46-,47-,48+,49?,52-,53?,54+/m0/s1. The summed E-state index contributed by atoms with van der Waals surface area (Å²) in [6.45, 7) is 21.8. The highest BCUT2D eigenvalue weighted by Crippen LogP contribution is 2.18. The number of nitrogens with one attached hydrogen (secondary N) is 10. The number of carbonyl (C=O) groups excluding carboxylic acids is 11. The van der Waals surface area contributed by atoms with Gasteiger partial charge in [-0.05, 0) is 81.0 Å². The Morgan fingerprint density at radius 2 is 0.934 bits per heavy atom. The molecule has 0 aliphatic carbocycles. The molecular formula is C64H114N10O17. The Balaban J connectivity index is 4.02. The molecule has 0 bridgehead atoms. The number of esters is 1. The van der Waals surface area contributed by atoms with E-state index in [1.807, 2.05) is 0 Å². The van der Waals surface area contributed by atoms with Crippen molar-refractivity contribution in [3.8, 4) is 0 Å². The molecule has 0 saturated carbocycles. The highest BCUT2D eigenvalue weighted by atomic mass is 16.5. The van der Waals surface area contributed by atoms with Crippen LogP contribution in [0.15, 0.2) is 0 Å². The zero-order chi connectivity index (χ0) is 69.2. The fourth-order valence-electron chi connectivity index (χ4n) is 10.3. The lowest BCUT2D eigenvalue weighted by Crippen LogP contribution is -2.63. The first-order chi connectivity index (χ1) is 42.7. The van der Waals surface area contributed by atoms with Crippen LogP contribution in [0.5, 0.6) is 0 Å². The van der Waals surface area contributed by atoms with Gasteiger partial charge in [-0.25, -0.2) is 4.79 Å². The molecule has 0 aromatic heterocycles. The van der Waals surface area contributed by atoms with Crippen molar-refractivity contribution in [2.24, 2.45) is 35.5 Å². The molecule has 1 saturated heterocycles. The van der Waals surface area contributed by atoms with Gasteiger partial charge in [0, 0.05) is 6.42 Å². The van der Waals surface area contributed by atoms with E-state index < -0.39 is 182 Å². The molecule has 2 unspecified atom stereocenters. The molecule has 0 aromatic rings. The predicted molar refractivity (Wildman–Crippen MR) is 340 cm³/mol. The Hall–Kier alpha value is -6.48. The van der Waals surface area contributed by atoms with Crippen molar-refractivity contribution in [2.75, 3.05) is 13.2 Å². The van der Waals surface area contributed by atoms with E-state index in [1.54, 1.807) is 69.2 Å². The molecule has 0 radical (unpaired) electrons. The number of aliphatic carboxylic acids is 1. The number of unbranched alkanes of at least 4 members (excludes halogenated alkanes) is 8. The van der Waals surface area contributed by atoms with Crippen LogP contribution in [0.2, 0.25) is 0 Å². The molecule has 1 heterocycles. The van der Waals surface area contributed by atoms with Crippen LogP contribution in [0.25, 0.3) is 0 Å². The van der Waals surface area contributed by atoms with Gasteiger partial charge in [0.05, 0.1) is 25.7 Å². The second kappa shape index (κ2) is 43.4. The summed E-state index contributed by atoms with van der Waals surface area (Å²) < 4.78 is 5.85. The van der Waals surface area contributed by atoms with Crippen LogP contribution < -0.4 is 53.2 Å². The van der Waals surface area contributed by atoms with Gasteiger partial charge in [0.15, 0.2) is 0 Å². The maximum absolute atomic E-state index is 15.0. The summed E-state index contributed by atoms with van der Waals surface area (Å²) in [5.41, 5.74) is 0. The van der Waals surface area contributed by atoms with E-state index in [-0.39, 0.29) is 62.2 Å². The first-order valence-corrected chi connectivity index (χ1v) is 33.0. The average Bonchev–Trinajstić information content (AvgIpc) is 1.67. The van der Waals surface area contributed by atoms with Gasteiger partial charge in [-0.2, -0.15) is 0 Å². The molecule has 91 heavy (non-hydrogen) atoms. The predicted octanol–water partition coefficient (Wildman–Crippen LogP) is 2.19. The van der Waals surface area contributed by atoms with Gasteiger partial charge in [-0.15, -0.1) is 0 Å². The summed E-state index contributed by atoms with van der Waals surface area (Å²) >= 11 is 0. The summed E-state index contributed by atoms with van der Waals surface area (Å²) in [6.07, 6.45) is 5.80. The highest BCUT2D eigenvalue weighted by Gasteiger charge is 2.41. The van der Waals surface area contributed by atoms with Crippen molar-refractivity contribution >= 4 is 71.0 Å². The summed E-state index contributed by atoms with van der Waals surface area (Å²) in [6, 6.07) is -15.7. The monoisotopic (exact) mass is 1290 g/mol. The third-order valence-corrected chi connectivity index (χ3v) is 15.7. The minimum Gasteiger partial charge on any atom is -0.481 e. The summed E-state index contributed by atoms with van der Waals surface area (Å²) in [5, 5.41) is 67.0. The minimum atomic E-state index is -1.99. The molecule has 1 aliphatic rings. The zero-order valence-electron chi connectivity index (χ0n) is 56.6. The van der Waals surface area contributed by atoms with Crippen molar-refractivity contribution in [3.05, 3.63) is 0 Å². The van der Waals surface area contributed by atoms with Gasteiger partial charge < -0.3 is 78.3 Å². The second-order valence-electron chi connectivity index (χ2n) is 26.5. The van der Waals surface area contributed by atoms with Crippen molar-refractivity contribution in [3.63, 3.8) is 0 Å². The van der Waals surface area contributed by atoms with E-state index in [0.29, 0.717) is 12.8 Å². The summed E-state index contributed by atoms with van der Waals surface area (Å²) in [5.74, 6) is -14.7. The molecule has 1 rings (SSSR count). The lowest BCUT2D eigenvalue weighted by Gasteiger charge is -2.32. The highest BCUT2D eigenvalue weighted by molar-refractivity contribution is 5.99. The molecule has 27 nitrogen and oxygen atoms in total. The van der Waals surface area contributed by atoms with Crippen LogP contribution in [0.4, 0.5) is 0 Å². The molecule has 13 atom stereocenters. The fraction of sp³-hybridized carbons (Fsp3) is 0.812. The lowest BCUT2D eigenvalue weighted by molar-refractivity contribution is -0.157. The number of amides is 10. The Morgan fingerprint density at radius 1 is 0.505 bits per heavy atom. The first-order valence-electron chi connectivity index (χ1n) is 33.0. The number of hydrogen-bond acceptors (Lipinski definition) is 16. The van der Waals surface area contributed by atoms with Crippen molar-refractivity contribution in [1.82, 2.24) is 53.2 Å². The third-order valence-electron chi connectivity index (χ3n) is 15.7. The Labute approximate surface area is 538 Å². The minimum absolute atomic E-state index is 0.00513. The van der Waals surface area contributed by atoms with Crippen molar-refractivity contribution in [2.45, 2.75) is 285 Å². The van der Waals surface area contributed by atoms with E-state index in [2.05, 4.69) is 60.1 Å². The summed E-state index contributed by atoms with van der Waals surface area (Å²) in [4.78, 5) is 168. The zero-order valence-corrected chi connectivity index (χ0v) is 56.6. The average molecular weight is 1300 g/mol. The fourth-order valence-corrected chi connectivity index (χ4v) is 10.3. The molecule has 1 fully saturated rings. The Kier molecular flexibility index (Phi) is 39.3. The number of hydrogen-bond donors (Lipinski definition) is 14. The number of carbonyl (C=O) groups is 12. The Morgan fingerprint density at radius 3 is 1.36 bits per heavy atom. The van der Waals surface area contributed by atoms with Gasteiger partial charge >= 0.3 is 11.9 Å². The van der Waals surface area contributed by atoms with Gasteiger partial charge in [0.25, 0.3) is 0 Å². The molecule has 27 heteroatoms. The molecule has 0 aromatic carbocycles. The number of aliphatic hydroxyl groups is 3. The lowest BCUT2D eigenvalue weighted by atomic mass is 9.96. The SMILES string of the molecule is CCCCCCCCCCC[C@H](O)CC(=O)N[C@@H](CC(C)C)C(=O)N[C@H](CCC(=O)O)C(=O)N[C@H]1C(=O)NC([C@@H](C)CC)C(=O)N[C@@H](CC(C)C)C(=O)N[C@H](CO)C(=O)N[C@@H](CC(C)C)C(=O)N[C@@H](CC(C)C)C(=O)NC(CO)C(=O)N[C@@H](C(C)C)C(=O)O[C@@H]1C. The van der Waals surface area contributed by atoms with Crippen LogP contribution >= 0.6 is 0 Å². The number of rotatable bonds is 33.